The molecule has 12 heteroatoms. The van der Waals surface area contributed by atoms with E-state index in [0.29, 0.717) is 55.4 Å². The Labute approximate surface area is 184 Å². The zero-order valence-corrected chi connectivity index (χ0v) is 17.2. The van der Waals surface area contributed by atoms with Crippen LogP contribution in [0.15, 0.2) is 30.6 Å². The van der Waals surface area contributed by atoms with Gasteiger partial charge >= 0.3 is 12.4 Å². The van der Waals surface area contributed by atoms with Crippen molar-refractivity contribution in [3.8, 4) is 5.75 Å². The zero-order valence-electron chi connectivity index (χ0n) is 17.2. The summed E-state index contributed by atoms with van der Waals surface area (Å²) in [6.07, 6.45) is -6.91. The lowest BCUT2D eigenvalue weighted by atomic mass is 10.0. The number of rotatable bonds is 3. The van der Waals surface area contributed by atoms with Crippen LogP contribution in [0.4, 0.5) is 32.0 Å². The lowest BCUT2D eigenvalue weighted by Gasteiger charge is -2.31. The first kappa shape index (κ1) is 23.1. The molecule has 1 amide bonds. The Hall–Kier alpha value is -3.02. The number of carbonyl (C=O) groups is 1. The summed E-state index contributed by atoms with van der Waals surface area (Å²) in [7, 11) is 0. The molecule has 0 bridgehead atoms. The van der Waals surface area contributed by atoms with Crippen molar-refractivity contribution >= 4 is 11.6 Å². The Kier molecular flexibility index (Phi) is 6.12. The van der Waals surface area contributed by atoms with E-state index < -0.39 is 42.5 Å². The van der Waals surface area contributed by atoms with Gasteiger partial charge in [-0.15, -0.1) is 0 Å². The molecule has 1 aromatic carbocycles. The fourth-order valence-electron chi connectivity index (χ4n) is 3.80. The fourth-order valence-corrected chi connectivity index (χ4v) is 3.80. The number of nitrogens with zero attached hydrogens (tertiary/aromatic N) is 3. The fraction of sp³-hybridized carbons (Fsp3) is 0.429. The van der Waals surface area contributed by atoms with Crippen molar-refractivity contribution in [3.05, 3.63) is 52.8 Å². The predicted octanol–water partition coefficient (Wildman–Crippen LogP) is 3.88. The van der Waals surface area contributed by atoms with Gasteiger partial charge in [0.2, 0.25) is 0 Å². The molecule has 2 aromatic rings. The summed E-state index contributed by atoms with van der Waals surface area (Å²) in [5.74, 6) is -0.222. The number of hydrogen-bond acceptors (Lipinski definition) is 5. The van der Waals surface area contributed by atoms with Gasteiger partial charge in [-0.25, -0.2) is 0 Å². The Morgan fingerprint density at radius 2 is 1.58 bits per heavy atom. The molecule has 4 rings (SSSR count). The van der Waals surface area contributed by atoms with Crippen LogP contribution in [-0.2, 0) is 35.0 Å². The van der Waals surface area contributed by atoms with Crippen LogP contribution < -0.4 is 9.64 Å². The normalized spacial score (nSPS) is 17.5. The molecule has 0 aliphatic carbocycles. The zero-order chi connectivity index (χ0) is 23.8. The van der Waals surface area contributed by atoms with Gasteiger partial charge < -0.3 is 19.3 Å². The van der Waals surface area contributed by atoms with Crippen LogP contribution in [-0.4, -0.2) is 48.7 Å². The first-order valence-electron chi connectivity index (χ1n) is 10.0. The van der Waals surface area contributed by atoms with Crippen molar-refractivity contribution < 1.29 is 40.6 Å². The number of carbonyl (C=O) groups excluding carboxylic acids is 1. The van der Waals surface area contributed by atoms with Gasteiger partial charge in [0.05, 0.1) is 49.0 Å². The van der Waals surface area contributed by atoms with Crippen LogP contribution in [0.3, 0.4) is 0 Å². The molecule has 0 saturated carbocycles. The van der Waals surface area contributed by atoms with Gasteiger partial charge in [-0.1, -0.05) is 0 Å². The molecule has 0 atom stereocenters. The highest BCUT2D eigenvalue weighted by atomic mass is 19.4. The van der Waals surface area contributed by atoms with Crippen molar-refractivity contribution in [3.63, 3.8) is 0 Å². The van der Waals surface area contributed by atoms with Crippen LogP contribution in [0.5, 0.6) is 5.75 Å². The summed E-state index contributed by atoms with van der Waals surface area (Å²) in [5.41, 5.74) is -1.87. The number of alkyl halides is 6. The van der Waals surface area contributed by atoms with Crippen LogP contribution in [0, 0.1) is 0 Å². The smallest absolute Gasteiger partial charge is 0.416 e. The summed E-state index contributed by atoms with van der Waals surface area (Å²) in [6, 6.07) is 1.32. The van der Waals surface area contributed by atoms with E-state index in [-0.39, 0.29) is 18.2 Å². The Bertz CT molecular complexity index is 1000. The molecule has 1 aromatic heterocycles. The van der Waals surface area contributed by atoms with E-state index in [4.69, 9.17) is 9.47 Å². The summed E-state index contributed by atoms with van der Waals surface area (Å²) in [6.45, 7) is 1.19. The molecule has 178 valence electrons. The molecule has 1 fully saturated rings. The quantitative estimate of drug-likeness (QED) is 0.631. The minimum absolute atomic E-state index is 0.0546. The second kappa shape index (κ2) is 8.73. The lowest BCUT2D eigenvalue weighted by Crippen LogP contribution is -2.37. The molecule has 0 spiro atoms. The average molecular weight is 475 g/mol. The molecule has 2 aliphatic rings. The van der Waals surface area contributed by atoms with Gasteiger partial charge in [-0.2, -0.15) is 26.3 Å². The van der Waals surface area contributed by atoms with Crippen LogP contribution in [0.1, 0.15) is 22.3 Å². The van der Waals surface area contributed by atoms with Crippen molar-refractivity contribution in [1.29, 1.82) is 0 Å². The van der Waals surface area contributed by atoms with E-state index in [2.05, 4.69) is 4.98 Å². The number of amides is 1. The highest BCUT2D eigenvalue weighted by molar-refractivity contribution is 5.79. The predicted molar refractivity (Wildman–Crippen MR) is 103 cm³/mol. The van der Waals surface area contributed by atoms with Crippen molar-refractivity contribution in [2.45, 2.75) is 25.4 Å². The van der Waals surface area contributed by atoms with Gasteiger partial charge in [0.1, 0.15) is 5.75 Å². The molecular weight excluding hydrogens is 456 g/mol. The topological polar surface area (TPSA) is 54.9 Å². The molecule has 6 nitrogen and oxygen atoms in total. The number of fused-ring (bicyclic) bond motifs is 1. The Morgan fingerprint density at radius 1 is 0.939 bits per heavy atom. The molecular formula is C21H19F6N3O3. The van der Waals surface area contributed by atoms with Crippen molar-refractivity contribution in [2.75, 3.05) is 37.8 Å². The molecule has 0 radical (unpaired) electrons. The van der Waals surface area contributed by atoms with Crippen LogP contribution in [0.25, 0.3) is 0 Å². The van der Waals surface area contributed by atoms with E-state index in [1.165, 1.54) is 11.1 Å². The first-order chi connectivity index (χ1) is 15.5. The number of aromatic nitrogens is 1. The maximum atomic E-state index is 13.2. The maximum absolute atomic E-state index is 13.2. The SMILES string of the molecule is O=C1COc2cncc(N3CCOCC3)c2CN1Cc1cc(C(F)(F)F)cc(C(F)(F)F)c1. The number of morpholine rings is 1. The van der Waals surface area contributed by atoms with E-state index in [1.807, 2.05) is 4.90 Å². The lowest BCUT2D eigenvalue weighted by molar-refractivity contribution is -0.143. The second-order valence-corrected chi connectivity index (χ2v) is 7.69. The minimum atomic E-state index is -4.97. The largest absolute Gasteiger partial charge is 0.482 e. The number of halogens is 6. The highest BCUT2D eigenvalue weighted by Gasteiger charge is 2.37. The second-order valence-electron chi connectivity index (χ2n) is 7.69. The first-order valence-corrected chi connectivity index (χ1v) is 10.0. The van der Waals surface area contributed by atoms with Crippen molar-refractivity contribution in [1.82, 2.24) is 9.88 Å². The number of pyridine rings is 1. The third kappa shape index (κ3) is 5.15. The van der Waals surface area contributed by atoms with Gasteiger partial charge in [-0.3, -0.25) is 9.78 Å². The number of hydrogen-bond donors (Lipinski definition) is 0. The number of benzene rings is 1. The van der Waals surface area contributed by atoms with Crippen LogP contribution in [0.2, 0.25) is 0 Å². The van der Waals surface area contributed by atoms with Gasteiger partial charge in [-0.05, 0) is 23.8 Å². The third-order valence-electron chi connectivity index (χ3n) is 5.42. The summed E-state index contributed by atoms with van der Waals surface area (Å²) >= 11 is 0. The molecule has 3 heterocycles. The molecule has 0 N–H and O–H groups in total. The number of ether oxygens (including phenoxy) is 2. The minimum Gasteiger partial charge on any atom is -0.482 e. The molecule has 33 heavy (non-hydrogen) atoms. The molecule has 1 saturated heterocycles. The summed E-state index contributed by atoms with van der Waals surface area (Å²) in [5, 5.41) is 0. The van der Waals surface area contributed by atoms with Gasteiger partial charge in [0, 0.05) is 25.2 Å². The van der Waals surface area contributed by atoms with E-state index in [9.17, 15) is 31.1 Å². The third-order valence-corrected chi connectivity index (χ3v) is 5.42. The van der Waals surface area contributed by atoms with E-state index in [0.717, 1.165) is 0 Å². The van der Waals surface area contributed by atoms with E-state index >= 15 is 0 Å². The monoisotopic (exact) mass is 475 g/mol. The maximum Gasteiger partial charge on any atom is 0.416 e. The standard InChI is InChI=1S/C21H19F6N3O3/c22-20(23,24)14-5-13(6-15(7-14)21(25,26)27)10-30-11-16-17(29-1-3-32-4-2-29)8-28-9-18(16)33-12-19(30)31/h5-9H,1-4,10-12H2. The van der Waals surface area contributed by atoms with Gasteiger partial charge in [0.15, 0.2) is 6.61 Å². The van der Waals surface area contributed by atoms with E-state index in [1.54, 1.807) is 6.20 Å². The molecule has 0 unspecified atom stereocenters. The molecule has 2 aliphatic heterocycles. The summed E-state index contributed by atoms with van der Waals surface area (Å²) in [4.78, 5) is 20.0. The Morgan fingerprint density at radius 3 is 2.18 bits per heavy atom. The van der Waals surface area contributed by atoms with Gasteiger partial charge in [0.25, 0.3) is 5.91 Å². The average Bonchev–Trinajstić information content (AvgIpc) is 2.92. The van der Waals surface area contributed by atoms with Crippen LogP contribution >= 0.6 is 0 Å². The summed E-state index contributed by atoms with van der Waals surface area (Å²) < 4.78 is 90.2. The van der Waals surface area contributed by atoms with Crippen molar-refractivity contribution in [2.24, 2.45) is 0 Å². The Balaban J connectivity index is 1.68. The number of anilines is 1. The highest BCUT2D eigenvalue weighted by Crippen LogP contribution is 2.37.